The van der Waals surface area contributed by atoms with Crippen molar-refractivity contribution < 1.29 is 4.84 Å². The van der Waals surface area contributed by atoms with Gasteiger partial charge in [-0.2, -0.15) is 0 Å². The van der Waals surface area contributed by atoms with Crippen molar-refractivity contribution in [2.75, 3.05) is 12.2 Å². The van der Waals surface area contributed by atoms with E-state index in [4.69, 9.17) is 4.84 Å². The third kappa shape index (κ3) is 2.54. The molecule has 0 bridgehead atoms. The van der Waals surface area contributed by atoms with Gasteiger partial charge in [0.2, 0.25) is 0 Å². The number of hydrogen-bond donors (Lipinski definition) is 0. The molecule has 2 rings (SSSR count). The quantitative estimate of drug-likeness (QED) is 0.746. The second-order valence-corrected chi connectivity index (χ2v) is 4.38. The van der Waals surface area contributed by atoms with Gasteiger partial charge in [0, 0.05) is 0 Å². The van der Waals surface area contributed by atoms with Gasteiger partial charge in [-0.3, -0.25) is 4.84 Å². The predicted molar refractivity (Wildman–Crippen MR) is 75.5 cm³/mol. The summed E-state index contributed by atoms with van der Waals surface area (Å²) in [5, 5.41) is 1.95. The summed E-state index contributed by atoms with van der Waals surface area (Å²) in [6.45, 7) is 4.24. The van der Waals surface area contributed by atoms with Crippen LogP contribution in [-0.2, 0) is 4.84 Å². The second kappa shape index (κ2) is 5.69. The molecule has 0 aliphatic heterocycles. The monoisotopic (exact) mass is 241 g/mol. The first-order chi connectivity index (χ1) is 8.74. The molecular weight excluding hydrogens is 222 g/mol. The molecule has 1 atom stereocenters. The summed E-state index contributed by atoms with van der Waals surface area (Å²) in [6.07, 6.45) is 0. The third-order valence-electron chi connectivity index (χ3n) is 3.18. The minimum atomic E-state index is 0.178. The molecule has 0 radical (unpaired) electrons. The maximum atomic E-state index is 5.57. The van der Waals surface area contributed by atoms with Crippen LogP contribution in [0.5, 0.6) is 0 Å². The number of benzene rings is 2. The van der Waals surface area contributed by atoms with E-state index in [-0.39, 0.29) is 6.04 Å². The lowest BCUT2D eigenvalue weighted by molar-refractivity contribution is 0.143. The Morgan fingerprint density at radius 1 is 0.944 bits per heavy atom. The Morgan fingerprint density at radius 3 is 2.17 bits per heavy atom. The standard InChI is InChI=1S/C16H19NO/c1-13-9-7-8-12-16(13)17(18-3)14(2)15-10-5-4-6-11-15/h4-12,14H,1-3H3/t14-/m1/s1. The summed E-state index contributed by atoms with van der Waals surface area (Å²) in [7, 11) is 1.71. The predicted octanol–water partition coefficient (Wildman–Crippen LogP) is 4.12. The number of para-hydroxylation sites is 1. The van der Waals surface area contributed by atoms with Gasteiger partial charge in [-0.1, -0.05) is 48.5 Å². The SMILES string of the molecule is CON(c1ccccc1C)[C@H](C)c1ccccc1. The van der Waals surface area contributed by atoms with Crippen LogP contribution < -0.4 is 5.06 Å². The molecule has 2 nitrogen and oxygen atoms in total. The van der Waals surface area contributed by atoms with E-state index in [0.717, 1.165) is 5.69 Å². The number of aryl methyl sites for hydroxylation is 1. The van der Waals surface area contributed by atoms with Crippen LogP contribution in [0.2, 0.25) is 0 Å². The van der Waals surface area contributed by atoms with E-state index < -0.39 is 0 Å². The van der Waals surface area contributed by atoms with Crippen molar-refractivity contribution in [2.45, 2.75) is 19.9 Å². The molecule has 0 amide bonds. The summed E-state index contributed by atoms with van der Waals surface area (Å²) in [5.74, 6) is 0. The highest BCUT2D eigenvalue weighted by atomic mass is 16.7. The van der Waals surface area contributed by atoms with Crippen LogP contribution in [0.25, 0.3) is 0 Å². The van der Waals surface area contributed by atoms with E-state index in [0.29, 0.717) is 0 Å². The zero-order chi connectivity index (χ0) is 13.0. The van der Waals surface area contributed by atoms with Crippen LogP contribution in [0, 0.1) is 6.92 Å². The van der Waals surface area contributed by atoms with Crippen molar-refractivity contribution in [3.05, 3.63) is 65.7 Å². The maximum Gasteiger partial charge on any atom is 0.0787 e. The molecule has 0 aromatic heterocycles. The molecule has 0 spiro atoms. The van der Waals surface area contributed by atoms with E-state index >= 15 is 0 Å². The highest BCUT2D eigenvalue weighted by Crippen LogP contribution is 2.29. The molecule has 0 aliphatic carbocycles. The summed E-state index contributed by atoms with van der Waals surface area (Å²) in [4.78, 5) is 5.57. The summed E-state index contributed by atoms with van der Waals surface area (Å²) < 4.78 is 0. The van der Waals surface area contributed by atoms with Crippen molar-refractivity contribution in [3.8, 4) is 0 Å². The largest absolute Gasteiger partial charge is 0.276 e. The fourth-order valence-electron chi connectivity index (χ4n) is 2.14. The first-order valence-corrected chi connectivity index (χ1v) is 6.18. The van der Waals surface area contributed by atoms with Crippen molar-refractivity contribution in [1.82, 2.24) is 0 Å². The van der Waals surface area contributed by atoms with Gasteiger partial charge in [0.05, 0.1) is 18.8 Å². The summed E-state index contributed by atoms with van der Waals surface area (Å²) in [5.41, 5.74) is 3.56. The Morgan fingerprint density at radius 2 is 1.56 bits per heavy atom. The summed E-state index contributed by atoms with van der Waals surface area (Å²) in [6, 6.07) is 18.8. The molecule has 2 aromatic rings. The molecule has 0 unspecified atom stereocenters. The van der Waals surface area contributed by atoms with Gasteiger partial charge in [0.1, 0.15) is 0 Å². The minimum absolute atomic E-state index is 0.178. The van der Waals surface area contributed by atoms with E-state index in [1.807, 2.05) is 23.3 Å². The van der Waals surface area contributed by atoms with E-state index in [9.17, 15) is 0 Å². The van der Waals surface area contributed by atoms with Crippen molar-refractivity contribution in [2.24, 2.45) is 0 Å². The molecule has 0 saturated carbocycles. The first kappa shape index (κ1) is 12.7. The molecule has 0 N–H and O–H groups in total. The molecule has 2 heteroatoms. The Kier molecular flexibility index (Phi) is 4.00. The van der Waals surface area contributed by atoms with Gasteiger partial charge in [-0.25, -0.2) is 5.06 Å². The fraction of sp³-hybridized carbons (Fsp3) is 0.250. The van der Waals surface area contributed by atoms with E-state index in [1.54, 1.807) is 7.11 Å². The van der Waals surface area contributed by atoms with E-state index in [1.165, 1.54) is 11.1 Å². The molecule has 18 heavy (non-hydrogen) atoms. The van der Waals surface area contributed by atoms with Gasteiger partial charge >= 0.3 is 0 Å². The average molecular weight is 241 g/mol. The molecule has 2 aromatic carbocycles. The smallest absolute Gasteiger partial charge is 0.0787 e. The van der Waals surface area contributed by atoms with Crippen LogP contribution >= 0.6 is 0 Å². The van der Waals surface area contributed by atoms with Crippen molar-refractivity contribution in [3.63, 3.8) is 0 Å². The molecular formula is C16H19NO. The van der Waals surface area contributed by atoms with Crippen molar-refractivity contribution in [1.29, 1.82) is 0 Å². The topological polar surface area (TPSA) is 12.5 Å². The Bertz CT molecular complexity index is 495. The van der Waals surface area contributed by atoms with Crippen LogP contribution in [0.1, 0.15) is 24.1 Å². The molecule has 0 saturated heterocycles. The van der Waals surface area contributed by atoms with Crippen LogP contribution in [0.15, 0.2) is 54.6 Å². The fourth-order valence-corrected chi connectivity index (χ4v) is 2.14. The number of hydroxylamine groups is 1. The third-order valence-corrected chi connectivity index (χ3v) is 3.18. The lowest BCUT2D eigenvalue weighted by Gasteiger charge is -2.30. The Labute approximate surface area is 109 Å². The van der Waals surface area contributed by atoms with Gasteiger partial charge < -0.3 is 0 Å². The number of anilines is 1. The number of hydrogen-bond acceptors (Lipinski definition) is 2. The molecule has 94 valence electrons. The second-order valence-electron chi connectivity index (χ2n) is 4.38. The van der Waals surface area contributed by atoms with Crippen LogP contribution in [0.3, 0.4) is 0 Å². The first-order valence-electron chi connectivity index (χ1n) is 6.18. The van der Waals surface area contributed by atoms with Crippen LogP contribution in [0.4, 0.5) is 5.69 Å². The number of rotatable bonds is 4. The molecule has 0 fully saturated rings. The lowest BCUT2D eigenvalue weighted by Crippen LogP contribution is -2.26. The normalized spacial score (nSPS) is 12.2. The van der Waals surface area contributed by atoms with Crippen molar-refractivity contribution >= 4 is 5.69 Å². The lowest BCUT2D eigenvalue weighted by atomic mass is 10.1. The number of nitrogens with zero attached hydrogens (tertiary/aromatic N) is 1. The highest BCUT2D eigenvalue weighted by Gasteiger charge is 2.17. The van der Waals surface area contributed by atoms with Gasteiger partial charge in [0.15, 0.2) is 0 Å². The van der Waals surface area contributed by atoms with E-state index in [2.05, 4.69) is 50.2 Å². The average Bonchev–Trinajstić information content (AvgIpc) is 2.42. The van der Waals surface area contributed by atoms with Crippen LogP contribution in [-0.4, -0.2) is 7.11 Å². The Balaban J connectivity index is 2.32. The summed E-state index contributed by atoms with van der Waals surface area (Å²) >= 11 is 0. The molecule has 0 heterocycles. The zero-order valence-corrected chi connectivity index (χ0v) is 11.1. The highest BCUT2D eigenvalue weighted by molar-refractivity contribution is 5.52. The minimum Gasteiger partial charge on any atom is -0.276 e. The maximum absolute atomic E-state index is 5.57. The van der Waals surface area contributed by atoms with Gasteiger partial charge in [-0.05, 0) is 31.0 Å². The molecule has 0 aliphatic rings. The van der Waals surface area contributed by atoms with Gasteiger partial charge in [0.25, 0.3) is 0 Å². The Hall–Kier alpha value is -1.80. The van der Waals surface area contributed by atoms with Gasteiger partial charge in [-0.15, -0.1) is 0 Å². The zero-order valence-electron chi connectivity index (χ0n) is 11.1.